The van der Waals surface area contributed by atoms with Crippen LogP contribution in [0.3, 0.4) is 0 Å². The van der Waals surface area contributed by atoms with Crippen molar-refractivity contribution < 1.29 is 0 Å². The Labute approximate surface area is 92.2 Å². The van der Waals surface area contributed by atoms with Crippen LogP contribution in [0.1, 0.15) is 19.8 Å². The van der Waals surface area contributed by atoms with Gasteiger partial charge in [0.05, 0.1) is 0 Å². The lowest BCUT2D eigenvalue weighted by Crippen LogP contribution is -2.31. The first kappa shape index (κ1) is 12.1. The van der Waals surface area contributed by atoms with Crippen LogP contribution in [0.4, 0.5) is 0 Å². The van der Waals surface area contributed by atoms with E-state index in [1.807, 2.05) is 0 Å². The van der Waals surface area contributed by atoms with Gasteiger partial charge in [0.2, 0.25) is 0 Å². The molecule has 0 saturated heterocycles. The summed E-state index contributed by atoms with van der Waals surface area (Å²) in [5, 5.41) is 0. The topological polar surface area (TPSA) is 12.4 Å². The molecule has 0 aromatic carbocycles. The SMILES string of the molecule is C/C=C1/CCN=C1CCS(C)(C)(C)=S. The summed E-state index contributed by atoms with van der Waals surface area (Å²) in [7, 11) is -1.52. The third-order valence-electron chi connectivity index (χ3n) is 2.44. The minimum absolute atomic E-state index is 0.983. The Bertz CT molecular complexity index is 333. The summed E-state index contributed by atoms with van der Waals surface area (Å²) in [5.74, 6) is 1.13. The van der Waals surface area contributed by atoms with Gasteiger partial charge >= 0.3 is 0 Å². The van der Waals surface area contributed by atoms with Crippen molar-refractivity contribution in [2.24, 2.45) is 4.99 Å². The van der Waals surface area contributed by atoms with Gasteiger partial charge in [-0.25, -0.2) is 7.72 Å². The Hall–Kier alpha value is -0.0200. The Morgan fingerprint density at radius 2 is 2.07 bits per heavy atom. The van der Waals surface area contributed by atoms with E-state index >= 15 is 0 Å². The highest BCUT2D eigenvalue weighted by Gasteiger charge is 2.18. The van der Waals surface area contributed by atoms with E-state index in [1.165, 1.54) is 11.3 Å². The number of hydrogen-bond donors (Lipinski definition) is 0. The second kappa shape index (κ2) is 3.86. The molecule has 1 aliphatic rings. The van der Waals surface area contributed by atoms with Crippen molar-refractivity contribution in [3.63, 3.8) is 0 Å². The van der Waals surface area contributed by atoms with E-state index in [0.717, 1.165) is 25.1 Å². The normalized spacial score (nSPS) is 23.3. The van der Waals surface area contributed by atoms with Gasteiger partial charge in [-0.15, -0.1) is 0 Å². The predicted octanol–water partition coefficient (Wildman–Crippen LogP) is 2.21. The summed E-state index contributed by atoms with van der Waals surface area (Å²) in [6.45, 7) is 3.09. The minimum Gasteiger partial charge on any atom is -0.289 e. The Morgan fingerprint density at radius 3 is 2.57 bits per heavy atom. The molecule has 1 aliphatic heterocycles. The smallest absolute Gasteiger partial charge is 0.0433 e. The number of hydrogen-bond acceptors (Lipinski definition) is 2. The van der Waals surface area contributed by atoms with Crippen LogP contribution >= 0.6 is 0 Å². The highest BCUT2D eigenvalue weighted by atomic mass is 32.9. The first-order valence-corrected chi connectivity index (χ1v) is 9.40. The summed E-state index contributed by atoms with van der Waals surface area (Å²) in [6.07, 6.45) is 11.1. The monoisotopic (exact) mass is 231 g/mol. The zero-order chi connectivity index (χ0) is 10.8. The number of nitrogens with zero attached hydrogens (tertiary/aromatic N) is 1. The molecule has 0 radical (unpaired) electrons. The Balaban J connectivity index is 2.60. The maximum Gasteiger partial charge on any atom is 0.0433 e. The molecule has 0 saturated carbocycles. The molecular weight excluding hydrogens is 210 g/mol. The maximum atomic E-state index is 5.63. The fourth-order valence-corrected chi connectivity index (χ4v) is 2.69. The Morgan fingerprint density at radius 1 is 1.43 bits per heavy atom. The minimum atomic E-state index is -1.52. The molecule has 14 heavy (non-hydrogen) atoms. The van der Waals surface area contributed by atoms with Crippen molar-refractivity contribution >= 4 is 24.6 Å². The van der Waals surface area contributed by atoms with E-state index in [2.05, 4.69) is 36.8 Å². The molecule has 0 aliphatic carbocycles. The number of aliphatic imine (C=N–C) groups is 1. The summed E-state index contributed by atoms with van der Waals surface area (Å²) < 4.78 is 0. The van der Waals surface area contributed by atoms with E-state index in [4.69, 9.17) is 11.2 Å². The van der Waals surface area contributed by atoms with Crippen molar-refractivity contribution in [2.75, 3.05) is 31.1 Å². The molecule has 0 aromatic rings. The molecule has 0 amide bonds. The van der Waals surface area contributed by atoms with Crippen LogP contribution in [0.5, 0.6) is 0 Å². The third-order valence-corrected chi connectivity index (χ3v) is 4.53. The number of rotatable bonds is 3. The van der Waals surface area contributed by atoms with Crippen molar-refractivity contribution in [3.8, 4) is 0 Å². The van der Waals surface area contributed by atoms with Crippen LogP contribution in [-0.4, -0.2) is 36.8 Å². The molecule has 0 atom stereocenters. The zero-order valence-corrected chi connectivity index (χ0v) is 11.3. The molecule has 0 bridgehead atoms. The summed E-state index contributed by atoms with van der Waals surface area (Å²) >= 11 is 5.63. The fraction of sp³-hybridized carbons (Fsp3) is 0.727. The summed E-state index contributed by atoms with van der Waals surface area (Å²) in [5.41, 5.74) is 2.75. The fourth-order valence-electron chi connectivity index (χ4n) is 1.55. The van der Waals surface area contributed by atoms with Gasteiger partial charge in [0.25, 0.3) is 0 Å². The highest BCUT2D eigenvalue weighted by Crippen LogP contribution is 2.20. The van der Waals surface area contributed by atoms with Crippen LogP contribution in [0.2, 0.25) is 0 Å². The first-order chi connectivity index (χ1) is 6.28. The summed E-state index contributed by atoms with van der Waals surface area (Å²) in [4.78, 5) is 4.54. The van der Waals surface area contributed by atoms with Crippen LogP contribution in [0.15, 0.2) is 16.6 Å². The molecular formula is C11H21NS2. The lowest BCUT2D eigenvalue weighted by atomic mass is 10.1. The van der Waals surface area contributed by atoms with Gasteiger partial charge in [-0.3, -0.25) is 4.99 Å². The third kappa shape index (κ3) is 4.01. The van der Waals surface area contributed by atoms with E-state index in [1.54, 1.807) is 0 Å². The zero-order valence-electron chi connectivity index (χ0n) is 9.67. The van der Waals surface area contributed by atoms with E-state index in [9.17, 15) is 0 Å². The molecule has 0 aromatic heterocycles. The van der Waals surface area contributed by atoms with Crippen LogP contribution in [-0.2, 0) is 18.9 Å². The van der Waals surface area contributed by atoms with Gasteiger partial charge in [-0.2, -0.15) is 0 Å². The Kier molecular flexibility index (Phi) is 3.32. The van der Waals surface area contributed by atoms with Gasteiger partial charge in [-0.1, -0.05) is 17.3 Å². The van der Waals surface area contributed by atoms with Gasteiger partial charge in [0, 0.05) is 12.3 Å². The first-order valence-electron chi connectivity index (χ1n) is 5.04. The lowest BCUT2D eigenvalue weighted by Gasteiger charge is -2.32. The molecule has 82 valence electrons. The molecule has 0 N–H and O–H groups in total. The summed E-state index contributed by atoms with van der Waals surface area (Å²) in [6, 6.07) is 0. The largest absolute Gasteiger partial charge is 0.289 e. The van der Waals surface area contributed by atoms with Crippen molar-refractivity contribution in [1.29, 1.82) is 0 Å². The van der Waals surface area contributed by atoms with Gasteiger partial charge < -0.3 is 0 Å². The molecule has 0 unspecified atom stereocenters. The average molecular weight is 231 g/mol. The predicted molar refractivity (Wildman–Crippen MR) is 72.7 cm³/mol. The standard InChI is InChI=1S/C11H21NS2/c1-5-10-6-8-12-11(10)7-9-14(2,3,4)13/h5H,6-9H2,1-4H3/b10-5-. The van der Waals surface area contributed by atoms with Crippen molar-refractivity contribution in [2.45, 2.75) is 19.8 Å². The molecule has 3 heteroatoms. The van der Waals surface area contributed by atoms with Crippen molar-refractivity contribution in [3.05, 3.63) is 11.6 Å². The van der Waals surface area contributed by atoms with Gasteiger partial charge in [0.15, 0.2) is 0 Å². The second-order valence-corrected chi connectivity index (χ2v) is 14.6. The quantitative estimate of drug-likeness (QED) is 0.725. The average Bonchev–Trinajstić information content (AvgIpc) is 2.44. The van der Waals surface area contributed by atoms with Crippen LogP contribution in [0, 0.1) is 0 Å². The van der Waals surface area contributed by atoms with Gasteiger partial charge in [0.1, 0.15) is 0 Å². The second-order valence-electron chi connectivity index (χ2n) is 5.06. The molecule has 1 heterocycles. The van der Waals surface area contributed by atoms with Crippen molar-refractivity contribution in [1.82, 2.24) is 0 Å². The molecule has 1 nitrogen and oxygen atoms in total. The van der Waals surface area contributed by atoms with E-state index in [0.29, 0.717) is 0 Å². The van der Waals surface area contributed by atoms with Gasteiger partial charge in [-0.05, 0) is 49.9 Å². The molecule has 0 spiro atoms. The number of allylic oxidation sites excluding steroid dienone is 1. The van der Waals surface area contributed by atoms with Crippen LogP contribution < -0.4 is 0 Å². The lowest BCUT2D eigenvalue weighted by molar-refractivity contribution is 1.04. The highest BCUT2D eigenvalue weighted by molar-refractivity contribution is 8.51. The van der Waals surface area contributed by atoms with Crippen LogP contribution in [0.25, 0.3) is 0 Å². The molecule has 1 rings (SSSR count). The maximum absolute atomic E-state index is 5.63. The van der Waals surface area contributed by atoms with E-state index in [-0.39, 0.29) is 0 Å². The molecule has 0 fully saturated rings. The van der Waals surface area contributed by atoms with E-state index < -0.39 is 7.72 Å².